The lowest BCUT2D eigenvalue weighted by Gasteiger charge is -2.22. The summed E-state index contributed by atoms with van der Waals surface area (Å²) in [5.74, 6) is 0.288. The Balaban J connectivity index is 1.91. The van der Waals surface area contributed by atoms with Crippen molar-refractivity contribution < 1.29 is 28.0 Å². The van der Waals surface area contributed by atoms with Crippen LogP contribution in [0.4, 0.5) is 4.39 Å². The number of hydrogen-bond donors (Lipinski definition) is 1. The minimum absolute atomic E-state index is 0.0796. The van der Waals surface area contributed by atoms with E-state index in [2.05, 4.69) is 15.0 Å². The first-order valence-electron chi connectivity index (χ1n) is 8.54. The van der Waals surface area contributed by atoms with Gasteiger partial charge in [-0.05, 0) is 18.7 Å². The predicted octanol–water partition coefficient (Wildman–Crippen LogP) is 1.98. The van der Waals surface area contributed by atoms with Crippen molar-refractivity contribution in [2.24, 2.45) is 0 Å². The van der Waals surface area contributed by atoms with Gasteiger partial charge in [0, 0.05) is 13.8 Å². The molecule has 9 nitrogen and oxygen atoms in total. The Labute approximate surface area is 166 Å². The molecule has 5 atom stereocenters. The molecule has 3 rings (SSSR count). The van der Waals surface area contributed by atoms with Gasteiger partial charge < -0.3 is 23.6 Å². The van der Waals surface area contributed by atoms with Crippen LogP contribution in [0, 0.1) is 0 Å². The number of halogens is 1. The van der Waals surface area contributed by atoms with E-state index >= 15 is 4.39 Å². The topological polar surface area (TPSA) is 101 Å². The summed E-state index contributed by atoms with van der Waals surface area (Å²) >= 11 is 4.91. The number of imidazole rings is 1. The summed E-state index contributed by atoms with van der Waals surface area (Å²) in [5, 5.41) is 0. The molecule has 2 aromatic heterocycles. The van der Waals surface area contributed by atoms with Gasteiger partial charge in [0.15, 0.2) is 30.1 Å². The molecule has 0 saturated carbocycles. The largest absolute Gasteiger partial charge is 0.472 e. The Morgan fingerprint density at radius 1 is 1.43 bits per heavy atom. The molecule has 1 N–H and O–H groups in total. The zero-order valence-corrected chi connectivity index (χ0v) is 17.3. The SMILES string of the molecule is C/C=C/COc1ncnc2c1ncn2[C@@H]1O[C@H](COC)[C@@H](OP(C)(O)=S)[C@H]1F. The maximum Gasteiger partial charge on any atom is 0.245 e. The molecule has 0 amide bonds. The van der Waals surface area contributed by atoms with E-state index in [4.69, 9.17) is 30.5 Å². The second-order valence-corrected chi connectivity index (χ2v) is 10.1. The number of methoxy groups -OCH3 is 1. The van der Waals surface area contributed by atoms with Crippen molar-refractivity contribution in [3.05, 3.63) is 24.8 Å². The molecule has 2 aromatic rings. The van der Waals surface area contributed by atoms with Crippen molar-refractivity contribution in [2.75, 3.05) is 27.0 Å². The average molecular weight is 432 g/mol. The summed E-state index contributed by atoms with van der Waals surface area (Å²) in [6, 6.07) is 0. The highest BCUT2D eigenvalue weighted by molar-refractivity contribution is 8.09. The van der Waals surface area contributed by atoms with Crippen molar-refractivity contribution >= 4 is 29.5 Å². The zero-order chi connectivity index (χ0) is 20.3. The van der Waals surface area contributed by atoms with Crippen molar-refractivity contribution in [2.45, 2.75) is 31.5 Å². The molecule has 12 heteroatoms. The standard InChI is InChI=1S/C16H22FN4O5PS/c1-4-5-6-24-15-12-14(18-8-19-15)21(9-20-12)16-11(17)13(26-27(3,22)28)10(25-16)7-23-2/h4-5,8-11,13,16H,6-7H2,1-3H3,(H,22,28)/b5-4+/t10-,11-,13-,16-,27?/m1/s1. The molecule has 0 spiro atoms. The second kappa shape index (κ2) is 8.89. The fourth-order valence-electron chi connectivity index (χ4n) is 2.91. The molecular weight excluding hydrogens is 410 g/mol. The normalized spacial score (nSPS) is 27.5. The number of ether oxygens (including phenoxy) is 3. The molecule has 1 fully saturated rings. The lowest BCUT2D eigenvalue weighted by atomic mass is 10.1. The molecule has 0 aromatic carbocycles. The minimum Gasteiger partial charge on any atom is -0.472 e. The van der Waals surface area contributed by atoms with Crippen LogP contribution in [0.1, 0.15) is 13.2 Å². The first-order chi connectivity index (χ1) is 13.4. The third-order valence-corrected chi connectivity index (χ3v) is 4.96. The van der Waals surface area contributed by atoms with Crippen LogP contribution in [0.25, 0.3) is 11.2 Å². The predicted molar refractivity (Wildman–Crippen MR) is 104 cm³/mol. The molecule has 1 aliphatic rings. The first kappa shape index (κ1) is 21.2. The van der Waals surface area contributed by atoms with Crippen LogP contribution < -0.4 is 4.74 Å². The van der Waals surface area contributed by atoms with Crippen molar-refractivity contribution in [3.63, 3.8) is 0 Å². The van der Waals surface area contributed by atoms with Crippen LogP contribution in [0.15, 0.2) is 24.8 Å². The quantitative estimate of drug-likeness (QED) is 0.496. The van der Waals surface area contributed by atoms with E-state index < -0.39 is 31.1 Å². The van der Waals surface area contributed by atoms with E-state index in [0.717, 1.165) is 0 Å². The van der Waals surface area contributed by atoms with E-state index in [1.54, 1.807) is 0 Å². The third kappa shape index (κ3) is 4.56. The van der Waals surface area contributed by atoms with Gasteiger partial charge in [0.2, 0.25) is 5.88 Å². The molecule has 1 saturated heterocycles. The van der Waals surface area contributed by atoms with Gasteiger partial charge in [-0.1, -0.05) is 12.2 Å². The zero-order valence-electron chi connectivity index (χ0n) is 15.6. The number of nitrogens with zero attached hydrogens (tertiary/aromatic N) is 4. The van der Waals surface area contributed by atoms with Crippen LogP contribution >= 0.6 is 6.49 Å². The van der Waals surface area contributed by atoms with Crippen LogP contribution in [-0.4, -0.2) is 69.8 Å². The van der Waals surface area contributed by atoms with Crippen LogP contribution in [0.2, 0.25) is 0 Å². The van der Waals surface area contributed by atoms with Gasteiger partial charge in [-0.2, -0.15) is 4.98 Å². The van der Waals surface area contributed by atoms with Gasteiger partial charge >= 0.3 is 0 Å². The molecule has 28 heavy (non-hydrogen) atoms. The van der Waals surface area contributed by atoms with E-state index in [0.29, 0.717) is 17.8 Å². The number of fused-ring (bicyclic) bond motifs is 1. The van der Waals surface area contributed by atoms with Crippen molar-refractivity contribution in [1.29, 1.82) is 0 Å². The highest BCUT2D eigenvalue weighted by Crippen LogP contribution is 2.46. The Kier molecular flexibility index (Phi) is 6.74. The highest BCUT2D eigenvalue weighted by atomic mass is 32.5. The van der Waals surface area contributed by atoms with Gasteiger partial charge in [0.1, 0.15) is 25.1 Å². The average Bonchev–Trinajstić information content (AvgIpc) is 3.18. The number of allylic oxidation sites excluding steroid dienone is 1. The van der Waals surface area contributed by atoms with E-state index in [9.17, 15) is 4.89 Å². The van der Waals surface area contributed by atoms with Crippen molar-refractivity contribution in [1.82, 2.24) is 19.5 Å². The third-order valence-electron chi connectivity index (χ3n) is 4.07. The smallest absolute Gasteiger partial charge is 0.245 e. The maximum absolute atomic E-state index is 15.2. The maximum atomic E-state index is 15.2. The van der Waals surface area contributed by atoms with Crippen molar-refractivity contribution in [3.8, 4) is 5.88 Å². The highest BCUT2D eigenvalue weighted by Gasteiger charge is 2.48. The van der Waals surface area contributed by atoms with Gasteiger partial charge in [-0.15, -0.1) is 0 Å². The molecular formula is C16H22FN4O5PS. The van der Waals surface area contributed by atoms with Gasteiger partial charge in [0.25, 0.3) is 0 Å². The van der Waals surface area contributed by atoms with Crippen LogP contribution in [0.3, 0.4) is 0 Å². The number of rotatable bonds is 8. The summed E-state index contributed by atoms with van der Waals surface area (Å²) in [5.41, 5.74) is 0.744. The van der Waals surface area contributed by atoms with E-state index in [1.807, 2.05) is 19.1 Å². The summed E-state index contributed by atoms with van der Waals surface area (Å²) in [6.45, 7) is 0.537. The molecule has 3 heterocycles. The van der Waals surface area contributed by atoms with Gasteiger partial charge in [-0.25, -0.2) is 14.4 Å². The Bertz CT molecular complexity index is 891. The first-order valence-corrected chi connectivity index (χ1v) is 11.7. The van der Waals surface area contributed by atoms with Gasteiger partial charge in [0.05, 0.1) is 12.9 Å². The van der Waals surface area contributed by atoms with E-state index in [-0.39, 0.29) is 12.5 Å². The number of alkyl halides is 1. The lowest BCUT2D eigenvalue weighted by Crippen LogP contribution is -2.33. The Morgan fingerprint density at radius 3 is 2.89 bits per heavy atom. The monoisotopic (exact) mass is 432 g/mol. The molecule has 1 unspecified atom stereocenters. The minimum atomic E-state index is -3.11. The second-order valence-electron chi connectivity index (χ2n) is 6.22. The Hall–Kier alpha value is -1.49. The molecule has 1 aliphatic heterocycles. The fourth-order valence-corrected chi connectivity index (χ4v) is 3.92. The summed E-state index contributed by atoms with van der Waals surface area (Å²) in [6.07, 6.45) is 1.89. The lowest BCUT2D eigenvalue weighted by molar-refractivity contribution is -0.0516. The molecule has 0 bridgehead atoms. The number of aromatic nitrogens is 4. The summed E-state index contributed by atoms with van der Waals surface area (Å²) in [7, 11) is 1.47. The molecule has 154 valence electrons. The van der Waals surface area contributed by atoms with E-state index in [1.165, 1.54) is 31.0 Å². The van der Waals surface area contributed by atoms with Crippen LogP contribution in [0.5, 0.6) is 5.88 Å². The molecule has 0 aliphatic carbocycles. The Morgan fingerprint density at radius 2 is 2.21 bits per heavy atom. The summed E-state index contributed by atoms with van der Waals surface area (Å²) in [4.78, 5) is 22.4. The van der Waals surface area contributed by atoms with Crippen LogP contribution in [-0.2, 0) is 25.8 Å². The number of hydrogen-bond acceptors (Lipinski definition) is 8. The fraction of sp³-hybridized carbons (Fsp3) is 0.562. The molecule has 0 radical (unpaired) electrons. The summed E-state index contributed by atoms with van der Waals surface area (Å²) < 4.78 is 38.6. The van der Waals surface area contributed by atoms with Gasteiger partial charge in [-0.3, -0.25) is 4.57 Å².